The summed E-state index contributed by atoms with van der Waals surface area (Å²) in [6.07, 6.45) is 5.10. The number of rotatable bonds is 6. The molecule has 0 radical (unpaired) electrons. The summed E-state index contributed by atoms with van der Waals surface area (Å²) in [6, 6.07) is 11.0. The Morgan fingerprint density at radius 2 is 2.06 bits per heavy atom. The molecule has 0 aliphatic carbocycles. The first kappa shape index (κ1) is 20.1. The van der Waals surface area contributed by atoms with Gasteiger partial charge in [-0.1, -0.05) is 12.1 Å². The van der Waals surface area contributed by atoms with Gasteiger partial charge in [0.2, 0.25) is 5.88 Å². The molecular weight excluding hydrogens is 408 g/mol. The van der Waals surface area contributed by atoms with Crippen LogP contribution in [0.15, 0.2) is 55.0 Å². The summed E-state index contributed by atoms with van der Waals surface area (Å²) in [4.78, 5) is 21.3. The van der Waals surface area contributed by atoms with E-state index >= 15 is 0 Å². The van der Waals surface area contributed by atoms with Gasteiger partial charge in [0.25, 0.3) is 5.91 Å². The van der Waals surface area contributed by atoms with Crippen LogP contribution < -0.4 is 15.4 Å². The summed E-state index contributed by atoms with van der Waals surface area (Å²) < 4.78 is 7.39. The molecule has 1 aliphatic heterocycles. The summed E-state index contributed by atoms with van der Waals surface area (Å²) in [7, 11) is 1.80. The van der Waals surface area contributed by atoms with Crippen molar-refractivity contribution in [2.45, 2.75) is 12.7 Å². The van der Waals surface area contributed by atoms with Crippen LogP contribution in [0, 0.1) is 0 Å². The van der Waals surface area contributed by atoms with Crippen LogP contribution in [0.4, 0.5) is 5.82 Å². The van der Waals surface area contributed by atoms with Crippen LogP contribution in [0.2, 0.25) is 0 Å². The monoisotopic (exact) mass is 430 g/mol. The van der Waals surface area contributed by atoms with Gasteiger partial charge in [0.1, 0.15) is 11.9 Å². The quantitative estimate of drug-likeness (QED) is 0.429. The zero-order valence-corrected chi connectivity index (χ0v) is 17.4. The molecule has 0 atom stereocenters. The van der Waals surface area contributed by atoms with Gasteiger partial charge in [-0.05, 0) is 29.1 Å². The number of anilines is 1. The lowest BCUT2D eigenvalue weighted by atomic mass is 10.0. The number of carbonyl (C=O) groups excluding carboxylic acids is 1. The number of nitrogens with zero attached hydrogens (tertiary/aromatic N) is 4. The molecular formula is C23H22N6O3. The van der Waals surface area contributed by atoms with Crippen LogP contribution in [0.1, 0.15) is 16.1 Å². The van der Waals surface area contributed by atoms with E-state index in [-0.39, 0.29) is 18.6 Å². The zero-order chi connectivity index (χ0) is 22.1. The van der Waals surface area contributed by atoms with Crippen LogP contribution in [0.5, 0.6) is 5.88 Å². The number of amides is 1. The fourth-order valence-corrected chi connectivity index (χ4v) is 3.59. The van der Waals surface area contributed by atoms with Gasteiger partial charge in [-0.2, -0.15) is 5.10 Å². The number of hydrogen-bond acceptors (Lipinski definition) is 7. The van der Waals surface area contributed by atoms with Gasteiger partial charge >= 0.3 is 0 Å². The molecule has 0 spiro atoms. The molecule has 3 aromatic heterocycles. The number of pyridine rings is 2. The lowest BCUT2D eigenvalue weighted by molar-refractivity contribution is 0.102. The second-order valence-electron chi connectivity index (χ2n) is 7.65. The SMILES string of the molecule is Cn1ncc(-c2ccc3cnc(NC(=O)c4ccnc(OC5CNC5)c4)cc3c2)c1CO. The highest BCUT2D eigenvalue weighted by molar-refractivity contribution is 6.04. The van der Waals surface area contributed by atoms with Crippen molar-refractivity contribution >= 4 is 22.5 Å². The van der Waals surface area contributed by atoms with E-state index in [9.17, 15) is 9.90 Å². The van der Waals surface area contributed by atoms with E-state index in [1.54, 1.807) is 42.5 Å². The van der Waals surface area contributed by atoms with Crippen molar-refractivity contribution in [3.8, 4) is 17.0 Å². The average Bonchev–Trinajstić information content (AvgIpc) is 3.16. The molecule has 0 saturated carbocycles. The number of aliphatic hydroxyl groups is 1. The van der Waals surface area contributed by atoms with E-state index in [1.165, 1.54) is 0 Å². The van der Waals surface area contributed by atoms with E-state index in [4.69, 9.17) is 4.74 Å². The summed E-state index contributed by atoms with van der Waals surface area (Å²) in [5.41, 5.74) is 2.98. The maximum atomic E-state index is 12.8. The number of aliphatic hydroxyl groups excluding tert-OH is 1. The molecule has 9 heteroatoms. The van der Waals surface area contributed by atoms with Crippen LogP contribution in [0.25, 0.3) is 21.9 Å². The third kappa shape index (κ3) is 3.91. The molecule has 0 bridgehead atoms. The maximum Gasteiger partial charge on any atom is 0.257 e. The van der Waals surface area contributed by atoms with Crippen molar-refractivity contribution in [1.82, 2.24) is 25.1 Å². The Balaban J connectivity index is 1.38. The normalized spacial score (nSPS) is 13.7. The van der Waals surface area contributed by atoms with Gasteiger partial charge in [-0.3, -0.25) is 9.48 Å². The molecule has 162 valence electrons. The molecule has 4 heterocycles. The topological polar surface area (TPSA) is 114 Å². The second kappa shape index (κ2) is 8.37. The number of carbonyl (C=O) groups is 1. The Kier molecular flexibility index (Phi) is 5.26. The number of hydrogen-bond donors (Lipinski definition) is 3. The molecule has 1 saturated heterocycles. The van der Waals surface area contributed by atoms with Crippen LogP contribution in [-0.2, 0) is 13.7 Å². The van der Waals surface area contributed by atoms with Crippen LogP contribution >= 0.6 is 0 Å². The second-order valence-corrected chi connectivity index (χ2v) is 7.65. The van der Waals surface area contributed by atoms with Crippen molar-refractivity contribution in [3.05, 3.63) is 66.2 Å². The van der Waals surface area contributed by atoms with Crippen LogP contribution in [0.3, 0.4) is 0 Å². The molecule has 4 aromatic rings. The fraction of sp³-hybridized carbons (Fsp3) is 0.217. The Labute approximate surface area is 184 Å². The van der Waals surface area contributed by atoms with Gasteiger partial charge in [-0.15, -0.1) is 0 Å². The zero-order valence-electron chi connectivity index (χ0n) is 17.4. The van der Waals surface area contributed by atoms with E-state index in [0.717, 1.165) is 40.7 Å². The number of aryl methyl sites for hydroxylation is 1. The molecule has 1 aromatic carbocycles. The van der Waals surface area contributed by atoms with Crippen molar-refractivity contribution in [3.63, 3.8) is 0 Å². The van der Waals surface area contributed by atoms with Gasteiger partial charge < -0.3 is 20.5 Å². The first-order valence-electron chi connectivity index (χ1n) is 10.3. The van der Waals surface area contributed by atoms with Crippen molar-refractivity contribution in [1.29, 1.82) is 0 Å². The first-order valence-corrected chi connectivity index (χ1v) is 10.3. The minimum absolute atomic E-state index is 0.0864. The Morgan fingerprint density at radius 1 is 1.19 bits per heavy atom. The summed E-state index contributed by atoms with van der Waals surface area (Å²) in [6.45, 7) is 1.45. The predicted molar refractivity (Wildman–Crippen MR) is 119 cm³/mol. The number of aromatic nitrogens is 4. The Hall–Kier alpha value is -3.82. The molecule has 3 N–H and O–H groups in total. The molecule has 1 amide bonds. The minimum atomic E-state index is -0.290. The minimum Gasteiger partial charge on any atom is -0.472 e. The van der Waals surface area contributed by atoms with Crippen molar-refractivity contribution in [2.24, 2.45) is 7.05 Å². The van der Waals surface area contributed by atoms with Gasteiger partial charge in [0.05, 0.1) is 18.5 Å². The Morgan fingerprint density at radius 3 is 2.84 bits per heavy atom. The Bertz CT molecular complexity index is 1300. The number of nitrogens with one attached hydrogen (secondary N) is 2. The van der Waals surface area contributed by atoms with Gasteiger partial charge in [-0.25, -0.2) is 9.97 Å². The lowest BCUT2D eigenvalue weighted by Gasteiger charge is -2.27. The summed E-state index contributed by atoms with van der Waals surface area (Å²) in [5.74, 6) is 0.578. The molecule has 0 unspecified atom stereocenters. The third-order valence-electron chi connectivity index (χ3n) is 5.51. The highest BCUT2D eigenvalue weighted by Gasteiger charge is 2.19. The fourth-order valence-electron chi connectivity index (χ4n) is 3.59. The maximum absolute atomic E-state index is 12.8. The molecule has 1 fully saturated rings. The number of benzene rings is 1. The highest BCUT2D eigenvalue weighted by atomic mass is 16.5. The average molecular weight is 430 g/mol. The van der Waals surface area contributed by atoms with Crippen molar-refractivity contribution in [2.75, 3.05) is 18.4 Å². The highest BCUT2D eigenvalue weighted by Crippen LogP contribution is 2.28. The van der Waals surface area contributed by atoms with Crippen LogP contribution in [-0.4, -0.2) is 50.0 Å². The van der Waals surface area contributed by atoms with Gasteiger partial charge in [0.15, 0.2) is 0 Å². The summed E-state index contributed by atoms with van der Waals surface area (Å²) in [5, 5.41) is 21.7. The van der Waals surface area contributed by atoms with E-state index in [2.05, 4.69) is 25.7 Å². The van der Waals surface area contributed by atoms with E-state index in [0.29, 0.717) is 17.3 Å². The first-order chi connectivity index (χ1) is 15.6. The van der Waals surface area contributed by atoms with Gasteiger partial charge in [0, 0.05) is 55.1 Å². The standard InChI is InChI=1S/C23H22N6O3/c1-29-20(13-30)19(12-27-29)14-2-3-16-9-26-21(7-17(16)6-14)28-23(31)15-4-5-25-22(8-15)32-18-10-24-11-18/h2-9,12,18,24,30H,10-11,13H2,1H3,(H,26,28,31). The smallest absolute Gasteiger partial charge is 0.257 e. The molecule has 1 aliphatic rings. The number of ether oxygens (including phenoxy) is 1. The van der Waals surface area contributed by atoms with E-state index < -0.39 is 0 Å². The largest absolute Gasteiger partial charge is 0.472 e. The lowest BCUT2D eigenvalue weighted by Crippen LogP contribution is -2.50. The number of fused-ring (bicyclic) bond motifs is 1. The predicted octanol–water partition coefficient (Wildman–Crippen LogP) is 2.13. The summed E-state index contributed by atoms with van der Waals surface area (Å²) >= 11 is 0. The molecule has 5 rings (SSSR count). The third-order valence-corrected chi connectivity index (χ3v) is 5.51. The van der Waals surface area contributed by atoms with E-state index in [1.807, 2.05) is 24.3 Å². The van der Waals surface area contributed by atoms with Crippen molar-refractivity contribution < 1.29 is 14.6 Å². The molecule has 9 nitrogen and oxygen atoms in total. The molecule has 32 heavy (non-hydrogen) atoms.